The number of halogens is 3. The van der Waals surface area contributed by atoms with Crippen LogP contribution in [0.25, 0.3) is 22.2 Å². The highest BCUT2D eigenvalue weighted by atomic mass is 19.4. The fraction of sp³-hybridized carbons (Fsp3) is 0.222. The zero-order chi connectivity index (χ0) is 25.9. The number of aromatic amines is 1. The van der Waals surface area contributed by atoms with Gasteiger partial charge in [-0.25, -0.2) is 4.98 Å². The summed E-state index contributed by atoms with van der Waals surface area (Å²) in [5, 5.41) is 5.51. The number of amides is 2. The summed E-state index contributed by atoms with van der Waals surface area (Å²) in [6.07, 6.45) is -3.57. The number of hydrogen-bond acceptors (Lipinski definition) is 3. The van der Waals surface area contributed by atoms with Crippen LogP contribution in [-0.2, 0) is 6.18 Å². The van der Waals surface area contributed by atoms with Gasteiger partial charge in [-0.1, -0.05) is 32.0 Å². The van der Waals surface area contributed by atoms with Crippen LogP contribution in [0.4, 0.5) is 19.1 Å². The lowest BCUT2D eigenvalue weighted by molar-refractivity contribution is -0.137. The number of aromatic nitrogens is 2. The second-order valence-electron chi connectivity index (χ2n) is 8.87. The molecule has 0 atom stereocenters. The molecule has 3 N–H and O–H groups in total. The molecule has 0 aliphatic heterocycles. The molecular formula is C27H25F3N4O2. The van der Waals surface area contributed by atoms with Crippen LogP contribution in [0.5, 0.6) is 0 Å². The molecule has 0 fully saturated rings. The second kappa shape index (κ2) is 10.2. The van der Waals surface area contributed by atoms with Crippen molar-refractivity contribution in [3.05, 3.63) is 83.4 Å². The van der Waals surface area contributed by atoms with Crippen LogP contribution in [0.15, 0.2) is 66.7 Å². The van der Waals surface area contributed by atoms with Crippen molar-refractivity contribution in [3.8, 4) is 11.1 Å². The summed E-state index contributed by atoms with van der Waals surface area (Å²) >= 11 is 0. The average Bonchev–Trinajstić information content (AvgIpc) is 3.24. The molecule has 9 heteroatoms. The van der Waals surface area contributed by atoms with Crippen molar-refractivity contribution >= 4 is 28.8 Å². The molecular weight excluding hydrogens is 469 g/mol. The monoisotopic (exact) mass is 494 g/mol. The van der Waals surface area contributed by atoms with Gasteiger partial charge in [0.25, 0.3) is 11.8 Å². The van der Waals surface area contributed by atoms with E-state index in [2.05, 4.69) is 34.4 Å². The predicted octanol–water partition coefficient (Wildman–Crippen LogP) is 6.28. The molecule has 3 aromatic carbocycles. The molecule has 0 radical (unpaired) electrons. The summed E-state index contributed by atoms with van der Waals surface area (Å²) in [7, 11) is 0. The number of fused-ring (bicyclic) bond motifs is 1. The minimum Gasteiger partial charge on any atom is -0.352 e. The molecule has 0 saturated heterocycles. The molecule has 0 saturated carbocycles. The first-order valence-corrected chi connectivity index (χ1v) is 11.5. The number of benzene rings is 3. The van der Waals surface area contributed by atoms with E-state index in [1.807, 2.05) is 30.3 Å². The van der Waals surface area contributed by atoms with E-state index in [1.54, 1.807) is 12.1 Å². The third kappa shape index (κ3) is 5.91. The van der Waals surface area contributed by atoms with Crippen LogP contribution in [0.1, 0.15) is 46.5 Å². The molecule has 0 unspecified atom stereocenters. The number of carbonyl (C=O) groups excluding carboxylic acids is 2. The van der Waals surface area contributed by atoms with Crippen LogP contribution in [0.3, 0.4) is 0 Å². The maximum atomic E-state index is 12.7. The Bertz CT molecular complexity index is 1390. The number of nitrogens with zero attached hydrogens (tertiary/aromatic N) is 1. The number of nitrogens with one attached hydrogen (secondary N) is 3. The highest BCUT2D eigenvalue weighted by Crippen LogP contribution is 2.29. The first-order valence-electron chi connectivity index (χ1n) is 11.5. The maximum Gasteiger partial charge on any atom is 0.416 e. The molecule has 6 nitrogen and oxygen atoms in total. The minimum absolute atomic E-state index is 0.0765. The van der Waals surface area contributed by atoms with Crippen LogP contribution in [-0.4, -0.2) is 28.3 Å². The van der Waals surface area contributed by atoms with E-state index in [9.17, 15) is 22.8 Å². The maximum absolute atomic E-state index is 12.7. The van der Waals surface area contributed by atoms with Gasteiger partial charge in [-0.2, -0.15) is 13.2 Å². The van der Waals surface area contributed by atoms with E-state index in [0.29, 0.717) is 29.1 Å². The molecule has 4 aromatic rings. The van der Waals surface area contributed by atoms with Gasteiger partial charge in [-0.3, -0.25) is 14.9 Å². The highest BCUT2D eigenvalue weighted by molar-refractivity contribution is 6.04. The molecule has 186 valence electrons. The SMILES string of the molecule is CC(C)CCNC(=O)c1cccc(-c2ccc3nc(NC(=O)c4ccc(C(F)(F)F)cc4)[nH]c3c2)c1. The standard InChI is InChI=1S/C27H25F3N4O2/c1-16(2)12-13-31-24(35)20-5-3-4-18(14-20)19-8-11-22-23(15-19)33-26(32-22)34-25(36)17-6-9-21(10-7-17)27(28,29)30/h3-11,14-16H,12-13H2,1-2H3,(H,31,35)(H2,32,33,34,36). The van der Waals surface area contributed by atoms with Crippen molar-refractivity contribution in [2.24, 2.45) is 5.92 Å². The van der Waals surface area contributed by atoms with E-state index in [0.717, 1.165) is 41.8 Å². The van der Waals surface area contributed by atoms with Crippen LogP contribution >= 0.6 is 0 Å². The lowest BCUT2D eigenvalue weighted by atomic mass is 10.0. The molecule has 36 heavy (non-hydrogen) atoms. The summed E-state index contributed by atoms with van der Waals surface area (Å²) in [5.74, 6) is -0.0414. The zero-order valence-corrected chi connectivity index (χ0v) is 19.7. The molecule has 0 aliphatic rings. The first kappa shape index (κ1) is 25.0. The van der Waals surface area contributed by atoms with E-state index in [1.165, 1.54) is 0 Å². The van der Waals surface area contributed by atoms with Crippen molar-refractivity contribution in [1.82, 2.24) is 15.3 Å². The van der Waals surface area contributed by atoms with Gasteiger partial charge < -0.3 is 10.3 Å². The van der Waals surface area contributed by atoms with E-state index in [4.69, 9.17) is 0 Å². The number of H-pyrrole nitrogens is 1. The highest BCUT2D eigenvalue weighted by Gasteiger charge is 2.30. The predicted molar refractivity (Wildman–Crippen MR) is 133 cm³/mol. The molecule has 0 aliphatic carbocycles. The van der Waals surface area contributed by atoms with Gasteiger partial charge in [0.15, 0.2) is 0 Å². The van der Waals surface area contributed by atoms with Gasteiger partial charge in [0, 0.05) is 17.7 Å². The van der Waals surface area contributed by atoms with E-state index >= 15 is 0 Å². The molecule has 0 spiro atoms. The minimum atomic E-state index is -4.47. The Morgan fingerprint density at radius 2 is 1.64 bits per heavy atom. The molecule has 1 heterocycles. The lowest BCUT2D eigenvalue weighted by Crippen LogP contribution is -2.25. The molecule has 1 aromatic heterocycles. The summed E-state index contributed by atoms with van der Waals surface area (Å²) in [6.45, 7) is 4.82. The number of anilines is 1. The molecule has 0 bridgehead atoms. The first-order chi connectivity index (χ1) is 17.1. The van der Waals surface area contributed by atoms with Crippen molar-refractivity contribution in [2.45, 2.75) is 26.4 Å². The summed E-state index contributed by atoms with van der Waals surface area (Å²) in [4.78, 5) is 32.3. The zero-order valence-electron chi connectivity index (χ0n) is 19.7. The van der Waals surface area contributed by atoms with E-state index < -0.39 is 17.6 Å². The third-order valence-electron chi connectivity index (χ3n) is 5.65. The quantitative estimate of drug-likeness (QED) is 0.283. The summed E-state index contributed by atoms with van der Waals surface area (Å²) < 4.78 is 38.2. The van der Waals surface area contributed by atoms with Crippen LogP contribution in [0.2, 0.25) is 0 Å². The molecule has 4 rings (SSSR count). The normalized spacial score (nSPS) is 11.6. The van der Waals surface area contributed by atoms with Gasteiger partial charge in [0.1, 0.15) is 0 Å². The third-order valence-corrected chi connectivity index (χ3v) is 5.65. The van der Waals surface area contributed by atoms with Crippen molar-refractivity contribution in [1.29, 1.82) is 0 Å². The number of imidazole rings is 1. The van der Waals surface area contributed by atoms with Crippen molar-refractivity contribution in [3.63, 3.8) is 0 Å². The van der Waals surface area contributed by atoms with Gasteiger partial charge in [0.2, 0.25) is 5.95 Å². The number of hydrogen-bond donors (Lipinski definition) is 3. The van der Waals surface area contributed by atoms with Gasteiger partial charge in [-0.05, 0) is 72.0 Å². The van der Waals surface area contributed by atoms with Gasteiger partial charge in [-0.15, -0.1) is 0 Å². The fourth-order valence-electron chi connectivity index (χ4n) is 3.66. The Hall–Kier alpha value is -4.14. The Labute approximate surface area is 205 Å². The molecule has 2 amide bonds. The van der Waals surface area contributed by atoms with Crippen LogP contribution in [0, 0.1) is 5.92 Å². The lowest BCUT2D eigenvalue weighted by Gasteiger charge is -2.09. The van der Waals surface area contributed by atoms with Gasteiger partial charge in [0.05, 0.1) is 16.6 Å². The van der Waals surface area contributed by atoms with E-state index in [-0.39, 0.29) is 17.4 Å². The number of rotatable bonds is 7. The largest absolute Gasteiger partial charge is 0.416 e. The Morgan fingerprint density at radius 1 is 0.917 bits per heavy atom. The van der Waals surface area contributed by atoms with Crippen LogP contribution < -0.4 is 10.6 Å². The summed E-state index contributed by atoms with van der Waals surface area (Å²) in [6, 6.07) is 16.7. The average molecular weight is 495 g/mol. The Balaban J connectivity index is 1.49. The Morgan fingerprint density at radius 3 is 2.33 bits per heavy atom. The smallest absolute Gasteiger partial charge is 0.352 e. The van der Waals surface area contributed by atoms with Crippen molar-refractivity contribution in [2.75, 3.05) is 11.9 Å². The number of alkyl halides is 3. The van der Waals surface area contributed by atoms with Gasteiger partial charge >= 0.3 is 6.18 Å². The summed E-state index contributed by atoms with van der Waals surface area (Å²) in [5.41, 5.74) is 2.76. The fourth-order valence-corrected chi connectivity index (χ4v) is 3.66. The van der Waals surface area contributed by atoms with Crippen molar-refractivity contribution < 1.29 is 22.8 Å². The second-order valence-corrected chi connectivity index (χ2v) is 8.87. The topological polar surface area (TPSA) is 86.9 Å². The number of carbonyl (C=O) groups is 2. The Kier molecular flexibility index (Phi) is 7.10.